The molecule has 0 spiro atoms. The van der Waals surface area contributed by atoms with E-state index in [1.807, 2.05) is 6.92 Å². The molecule has 1 heterocycles. The summed E-state index contributed by atoms with van der Waals surface area (Å²) in [6, 6.07) is 0. The van der Waals surface area contributed by atoms with Crippen LogP contribution in [0.25, 0.3) is 0 Å². The van der Waals surface area contributed by atoms with Crippen molar-refractivity contribution in [3.63, 3.8) is 0 Å². The van der Waals surface area contributed by atoms with Gasteiger partial charge in [-0.05, 0) is 19.8 Å². The molecule has 0 saturated carbocycles. The minimum Gasteiger partial charge on any atom is -0.477 e. The molecular weight excluding hydrogens is 238 g/mol. The van der Waals surface area contributed by atoms with Crippen molar-refractivity contribution in [2.45, 2.75) is 46.5 Å². The highest BCUT2D eigenvalue weighted by atomic mass is 16.5. The third-order valence-electron chi connectivity index (χ3n) is 2.72. The zero-order valence-corrected chi connectivity index (χ0v) is 12.3. The van der Waals surface area contributed by atoms with Gasteiger partial charge in [-0.1, -0.05) is 25.8 Å². The van der Waals surface area contributed by atoms with Crippen LogP contribution >= 0.6 is 0 Å². The Bertz CT molecular complexity index is 404. The second-order valence-corrected chi connectivity index (χ2v) is 4.74. The number of anilines is 1. The van der Waals surface area contributed by atoms with Gasteiger partial charge < -0.3 is 10.1 Å². The van der Waals surface area contributed by atoms with Crippen molar-refractivity contribution in [1.82, 2.24) is 9.97 Å². The molecule has 4 nitrogen and oxygen atoms in total. The van der Waals surface area contributed by atoms with Gasteiger partial charge in [-0.25, -0.2) is 9.97 Å². The van der Waals surface area contributed by atoms with Gasteiger partial charge in [0.2, 0.25) is 5.88 Å². The quantitative estimate of drug-likeness (QED) is 0.692. The lowest BCUT2D eigenvalue weighted by atomic mass is 10.1. The molecule has 0 aliphatic rings. The zero-order chi connectivity index (χ0) is 14.1. The van der Waals surface area contributed by atoms with E-state index >= 15 is 0 Å². The fourth-order valence-electron chi connectivity index (χ4n) is 1.71. The van der Waals surface area contributed by atoms with Crippen molar-refractivity contribution in [1.29, 1.82) is 0 Å². The van der Waals surface area contributed by atoms with Crippen LogP contribution in [0, 0.1) is 0 Å². The predicted molar refractivity (Wildman–Crippen MR) is 79.7 cm³/mol. The summed E-state index contributed by atoms with van der Waals surface area (Å²) in [5.74, 6) is 1.61. The third kappa shape index (κ3) is 5.28. The van der Waals surface area contributed by atoms with E-state index < -0.39 is 0 Å². The molecule has 1 aromatic heterocycles. The van der Waals surface area contributed by atoms with Crippen LogP contribution in [-0.2, 0) is 6.42 Å². The molecule has 0 atom stereocenters. The van der Waals surface area contributed by atoms with Gasteiger partial charge in [0.25, 0.3) is 0 Å². The van der Waals surface area contributed by atoms with E-state index in [0.717, 1.165) is 49.2 Å². The SMILES string of the molecule is C=C(C)CCOc1ncnc(NCCC)c1CCC. The van der Waals surface area contributed by atoms with Crippen molar-refractivity contribution in [3.05, 3.63) is 24.0 Å². The fraction of sp³-hybridized carbons (Fsp3) is 0.600. The van der Waals surface area contributed by atoms with E-state index in [2.05, 4.69) is 35.7 Å². The average Bonchev–Trinajstić information content (AvgIpc) is 2.38. The van der Waals surface area contributed by atoms with Gasteiger partial charge in [0.15, 0.2) is 0 Å². The summed E-state index contributed by atoms with van der Waals surface area (Å²) in [4.78, 5) is 8.58. The minimum absolute atomic E-state index is 0.621. The maximum Gasteiger partial charge on any atom is 0.221 e. The highest BCUT2D eigenvalue weighted by Gasteiger charge is 2.11. The molecule has 0 aromatic carbocycles. The lowest BCUT2D eigenvalue weighted by Gasteiger charge is -2.14. The van der Waals surface area contributed by atoms with Gasteiger partial charge in [-0.15, -0.1) is 6.58 Å². The molecule has 0 bridgehead atoms. The Labute approximate surface area is 116 Å². The molecule has 106 valence electrons. The van der Waals surface area contributed by atoms with Gasteiger partial charge in [-0.3, -0.25) is 0 Å². The lowest BCUT2D eigenvalue weighted by Crippen LogP contribution is -2.09. The normalized spacial score (nSPS) is 10.3. The smallest absolute Gasteiger partial charge is 0.221 e. The van der Waals surface area contributed by atoms with Gasteiger partial charge in [0, 0.05) is 13.0 Å². The summed E-state index contributed by atoms with van der Waals surface area (Å²) in [7, 11) is 0. The van der Waals surface area contributed by atoms with Crippen LogP contribution in [0.1, 0.15) is 45.6 Å². The van der Waals surface area contributed by atoms with Crippen LogP contribution in [0.5, 0.6) is 5.88 Å². The van der Waals surface area contributed by atoms with Gasteiger partial charge in [0.1, 0.15) is 12.1 Å². The molecule has 0 aliphatic heterocycles. The average molecular weight is 263 g/mol. The molecule has 1 rings (SSSR count). The summed E-state index contributed by atoms with van der Waals surface area (Å²) in [5.41, 5.74) is 2.20. The van der Waals surface area contributed by atoms with Gasteiger partial charge in [-0.2, -0.15) is 0 Å². The molecular formula is C15H25N3O. The summed E-state index contributed by atoms with van der Waals surface area (Å²) >= 11 is 0. The molecule has 19 heavy (non-hydrogen) atoms. The molecule has 0 amide bonds. The van der Waals surface area contributed by atoms with Crippen LogP contribution < -0.4 is 10.1 Å². The number of hydrogen-bond donors (Lipinski definition) is 1. The largest absolute Gasteiger partial charge is 0.477 e. The molecule has 1 N–H and O–H groups in total. The van der Waals surface area contributed by atoms with Gasteiger partial charge in [0.05, 0.1) is 12.2 Å². The Morgan fingerprint density at radius 3 is 2.74 bits per heavy atom. The first kappa shape index (κ1) is 15.5. The van der Waals surface area contributed by atoms with Crippen molar-refractivity contribution in [3.8, 4) is 5.88 Å². The Morgan fingerprint density at radius 1 is 1.32 bits per heavy atom. The maximum atomic E-state index is 5.77. The number of aromatic nitrogens is 2. The second kappa shape index (κ2) is 8.51. The van der Waals surface area contributed by atoms with E-state index in [0.29, 0.717) is 12.5 Å². The first-order valence-corrected chi connectivity index (χ1v) is 7.03. The lowest BCUT2D eigenvalue weighted by molar-refractivity contribution is 0.305. The third-order valence-corrected chi connectivity index (χ3v) is 2.72. The molecule has 1 aromatic rings. The van der Waals surface area contributed by atoms with Crippen molar-refractivity contribution in [2.24, 2.45) is 0 Å². The first-order valence-electron chi connectivity index (χ1n) is 7.03. The minimum atomic E-state index is 0.621. The number of ether oxygens (including phenoxy) is 1. The van der Waals surface area contributed by atoms with Crippen LogP contribution in [0.2, 0.25) is 0 Å². The Balaban J connectivity index is 2.79. The van der Waals surface area contributed by atoms with Gasteiger partial charge >= 0.3 is 0 Å². The second-order valence-electron chi connectivity index (χ2n) is 4.74. The van der Waals surface area contributed by atoms with Crippen LogP contribution in [0.15, 0.2) is 18.5 Å². The molecule has 0 fully saturated rings. The van der Waals surface area contributed by atoms with E-state index in [4.69, 9.17) is 4.74 Å². The maximum absolute atomic E-state index is 5.77. The molecule has 0 unspecified atom stereocenters. The summed E-state index contributed by atoms with van der Waals surface area (Å²) in [6.07, 6.45) is 5.46. The topological polar surface area (TPSA) is 47.0 Å². The number of rotatable bonds is 9. The molecule has 0 aliphatic carbocycles. The van der Waals surface area contributed by atoms with Crippen molar-refractivity contribution < 1.29 is 4.74 Å². The summed E-state index contributed by atoms with van der Waals surface area (Å²) in [6.45, 7) is 11.7. The predicted octanol–water partition coefficient (Wildman–Crippen LogP) is 3.60. The highest BCUT2D eigenvalue weighted by Crippen LogP contribution is 2.23. The van der Waals surface area contributed by atoms with Crippen molar-refractivity contribution >= 4 is 5.82 Å². The molecule has 0 radical (unpaired) electrons. The van der Waals surface area contributed by atoms with Crippen LogP contribution in [-0.4, -0.2) is 23.1 Å². The standard InChI is InChI=1S/C15H25N3O/c1-5-7-13-14(16-9-6-2)17-11-18-15(13)19-10-8-12(3)4/h11H,3,5-10H2,1-2,4H3,(H,16,17,18). The Morgan fingerprint density at radius 2 is 2.11 bits per heavy atom. The van der Waals surface area contributed by atoms with E-state index in [1.54, 1.807) is 6.33 Å². The summed E-state index contributed by atoms with van der Waals surface area (Å²) in [5, 5.41) is 3.34. The van der Waals surface area contributed by atoms with E-state index in [-0.39, 0.29) is 0 Å². The van der Waals surface area contributed by atoms with E-state index in [9.17, 15) is 0 Å². The first-order chi connectivity index (χ1) is 9.19. The van der Waals surface area contributed by atoms with Crippen molar-refractivity contribution in [2.75, 3.05) is 18.5 Å². The van der Waals surface area contributed by atoms with Crippen LogP contribution in [0.3, 0.4) is 0 Å². The monoisotopic (exact) mass is 263 g/mol. The Kier molecular flexibility index (Phi) is 6.93. The number of nitrogens with one attached hydrogen (secondary N) is 1. The van der Waals surface area contributed by atoms with Crippen LogP contribution in [0.4, 0.5) is 5.82 Å². The number of nitrogens with zero attached hydrogens (tertiary/aromatic N) is 2. The Hall–Kier alpha value is -1.58. The van der Waals surface area contributed by atoms with E-state index in [1.165, 1.54) is 0 Å². The molecule has 0 saturated heterocycles. The fourth-order valence-corrected chi connectivity index (χ4v) is 1.71. The highest BCUT2D eigenvalue weighted by molar-refractivity contribution is 5.48. The summed E-state index contributed by atoms with van der Waals surface area (Å²) < 4.78 is 5.77. The number of hydrogen-bond acceptors (Lipinski definition) is 4. The zero-order valence-electron chi connectivity index (χ0n) is 12.3. The molecule has 4 heteroatoms.